The molecular formula is C16H25BrN2. The molecule has 0 radical (unpaired) electrons. The Labute approximate surface area is 125 Å². The summed E-state index contributed by atoms with van der Waals surface area (Å²) in [6.07, 6.45) is 6.38. The number of halogens is 1. The van der Waals surface area contributed by atoms with Crippen LogP contribution in [0.5, 0.6) is 0 Å². The molecule has 1 saturated carbocycles. The van der Waals surface area contributed by atoms with Crippen molar-refractivity contribution >= 4 is 21.6 Å². The number of nitrogens with two attached hydrogens (primary N) is 1. The van der Waals surface area contributed by atoms with Gasteiger partial charge in [0.05, 0.1) is 0 Å². The van der Waals surface area contributed by atoms with Gasteiger partial charge in [-0.25, -0.2) is 0 Å². The maximum atomic E-state index is 5.63. The van der Waals surface area contributed by atoms with Crippen LogP contribution < -0.4 is 10.6 Å². The first-order chi connectivity index (χ1) is 9.13. The van der Waals surface area contributed by atoms with E-state index < -0.39 is 0 Å². The van der Waals surface area contributed by atoms with Gasteiger partial charge in [-0.1, -0.05) is 41.8 Å². The van der Waals surface area contributed by atoms with E-state index >= 15 is 0 Å². The number of hydrogen-bond donors (Lipinski definition) is 1. The lowest BCUT2D eigenvalue weighted by molar-refractivity contribution is 0.321. The van der Waals surface area contributed by atoms with Crippen molar-refractivity contribution in [1.29, 1.82) is 0 Å². The van der Waals surface area contributed by atoms with Gasteiger partial charge in [-0.05, 0) is 49.4 Å². The summed E-state index contributed by atoms with van der Waals surface area (Å²) in [6, 6.07) is 7.36. The molecule has 106 valence electrons. The van der Waals surface area contributed by atoms with Gasteiger partial charge in [-0.3, -0.25) is 0 Å². The second-order valence-electron chi connectivity index (χ2n) is 5.75. The molecule has 3 heteroatoms. The van der Waals surface area contributed by atoms with E-state index in [0.717, 1.165) is 12.3 Å². The first kappa shape index (κ1) is 14.9. The van der Waals surface area contributed by atoms with Crippen LogP contribution in [-0.4, -0.2) is 19.6 Å². The largest absolute Gasteiger partial charge is 0.371 e. The summed E-state index contributed by atoms with van der Waals surface area (Å²) in [4.78, 5) is 2.46. The van der Waals surface area contributed by atoms with Gasteiger partial charge in [0.2, 0.25) is 0 Å². The summed E-state index contributed by atoms with van der Waals surface area (Å²) in [5.74, 6) is 0.793. The van der Waals surface area contributed by atoms with Crippen LogP contribution in [0.2, 0.25) is 0 Å². The topological polar surface area (TPSA) is 29.3 Å². The van der Waals surface area contributed by atoms with Crippen LogP contribution in [0.1, 0.15) is 38.2 Å². The summed E-state index contributed by atoms with van der Waals surface area (Å²) in [7, 11) is 2.23. The highest BCUT2D eigenvalue weighted by atomic mass is 79.9. The maximum absolute atomic E-state index is 5.63. The van der Waals surface area contributed by atoms with E-state index in [-0.39, 0.29) is 0 Å². The van der Waals surface area contributed by atoms with Crippen LogP contribution in [0.4, 0.5) is 5.69 Å². The lowest BCUT2D eigenvalue weighted by Gasteiger charge is -2.38. The van der Waals surface area contributed by atoms with Gasteiger partial charge in [0.25, 0.3) is 0 Å². The Morgan fingerprint density at radius 1 is 1.32 bits per heavy atom. The van der Waals surface area contributed by atoms with E-state index in [2.05, 4.69) is 53.0 Å². The van der Waals surface area contributed by atoms with Crippen molar-refractivity contribution in [3.05, 3.63) is 28.2 Å². The molecule has 0 saturated heterocycles. The molecule has 0 heterocycles. The molecule has 0 spiro atoms. The predicted octanol–water partition coefficient (Wildman–Crippen LogP) is 3.97. The summed E-state index contributed by atoms with van der Waals surface area (Å²) in [6.45, 7) is 3.09. The molecule has 1 aliphatic rings. The number of hydrogen-bond acceptors (Lipinski definition) is 2. The van der Waals surface area contributed by atoms with Crippen molar-refractivity contribution in [3.8, 4) is 0 Å². The second kappa shape index (κ2) is 6.76. The van der Waals surface area contributed by atoms with Crippen LogP contribution in [0.3, 0.4) is 0 Å². The van der Waals surface area contributed by atoms with E-state index in [4.69, 9.17) is 5.73 Å². The molecule has 2 rings (SSSR count). The van der Waals surface area contributed by atoms with Gasteiger partial charge in [0, 0.05) is 23.2 Å². The van der Waals surface area contributed by atoms with Crippen molar-refractivity contribution in [2.75, 3.05) is 18.5 Å². The molecule has 2 atom stereocenters. The first-order valence-electron chi connectivity index (χ1n) is 7.35. The SMILES string of the molecule is CC1CCCCC1N(C)c1ccc(CCN)c(Br)c1. The first-order valence-corrected chi connectivity index (χ1v) is 8.14. The lowest BCUT2D eigenvalue weighted by atomic mass is 9.85. The fraction of sp³-hybridized carbons (Fsp3) is 0.625. The Kier molecular flexibility index (Phi) is 5.28. The van der Waals surface area contributed by atoms with Crippen molar-refractivity contribution in [1.82, 2.24) is 0 Å². The van der Waals surface area contributed by atoms with Crippen molar-refractivity contribution in [3.63, 3.8) is 0 Å². The van der Waals surface area contributed by atoms with Crippen LogP contribution >= 0.6 is 15.9 Å². The molecule has 0 aromatic heterocycles. The van der Waals surface area contributed by atoms with E-state index in [1.165, 1.54) is 41.4 Å². The summed E-state index contributed by atoms with van der Waals surface area (Å²) in [5.41, 5.74) is 8.24. The van der Waals surface area contributed by atoms with Gasteiger partial charge in [0.15, 0.2) is 0 Å². The molecule has 1 aromatic rings. The highest BCUT2D eigenvalue weighted by Crippen LogP contribution is 2.32. The number of nitrogens with zero attached hydrogens (tertiary/aromatic N) is 1. The van der Waals surface area contributed by atoms with E-state index in [9.17, 15) is 0 Å². The molecule has 0 bridgehead atoms. The van der Waals surface area contributed by atoms with Crippen LogP contribution in [0.15, 0.2) is 22.7 Å². The fourth-order valence-electron chi connectivity index (χ4n) is 3.18. The van der Waals surface area contributed by atoms with Gasteiger partial charge in [-0.15, -0.1) is 0 Å². The Morgan fingerprint density at radius 3 is 2.68 bits per heavy atom. The van der Waals surface area contributed by atoms with Gasteiger partial charge < -0.3 is 10.6 Å². The standard InChI is InChI=1S/C16H25BrN2/c1-12-5-3-4-6-16(12)19(2)14-8-7-13(9-10-18)15(17)11-14/h7-8,11-12,16H,3-6,9-10,18H2,1-2H3. The molecule has 2 nitrogen and oxygen atoms in total. The van der Waals surface area contributed by atoms with Crippen LogP contribution in [0, 0.1) is 5.92 Å². The minimum Gasteiger partial charge on any atom is -0.371 e. The predicted molar refractivity (Wildman–Crippen MR) is 86.7 cm³/mol. The monoisotopic (exact) mass is 324 g/mol. The second-order valence-corrected chi connectivity index (χ2v) is 6.61. The number of rotatable bonds is 4. The zero-order chi connectivity index (χ0) is 13.8. The molecule has 1 aromatic carbocycles. The summed E-state index contributed by atoms with van der Waals surface area (Å²) in [5, 5.41) is 0. The normalized spacial score (nSPS) is 23.4. The van der Waals surface area contributed by atoms with Crippen molar-refractivity contribution in [2.45, 2.75) is 45.1 Å². The van der Waals surface area contributed by atoms with Crippen LogP contribution in [-0.2, 0) is 6.42 Å². The highest BCUT2D eigenvalue weighted by Gasteiger charge is 2.25. The molecule has 0 aliphatic heterocycles. The van der Waals surface area contributed by atoms with Crippen molar-refractivity contribution in [2.24, 2.45) is 11.7 Å². The van der Waals surface area contributed by atoms with Crippen LogP contribution in [0.25, 0.3) is 0 Å². The lowest BCUT2D eigenvalue weighted by Crippen LogP contribution is -2.39. The number of benzene rings is 1. The fourth-order valence-corrected chi connectivity index (χ4v) is 3.74. The molecule has 2 N–H and O–H groups in total. The zero-order valence-electron chi connectivity index (χ0n) is 12.0. The Hall–Kier alpha value is -0.540. The zero-order valence-corrected chi connectivity index (χ0v) is 13.6. The maximum Gasteiger partial charge on any atom is 0.0377 e. The van der Waals surface area contributed by atoms with Gasteiger partial charge in [-0.2, -0.15) is 0 Å². The molecular weight excluding hydrogens is 300 g/mol. The Balaban J connectivity index is 2.14. The molecule has 0 amide bonds. The minimum absolute atomic E-state index is 0.681. The van der Waals surface area contributed by atoms with E-state index in [1.807, 2.05) is 0 Å². The highest BCUT2D eigenvalue weighted by molar-refractivity contribution is 9.10. The summed E-state index contributed by atoms with van der Waals surface area (Å²) < 4.78 is 1.19. The van der Waals surface area contributed by atoms with Gasteiger partial charge >= 0.3 is 0 Å². The Morgan fingerprint density at radius 2 is 2.05 bits per heavy atom. The van der Waals surface area contributed by atoms with Gasteiger partial charge in [0.1, 0.15) is 0 Å². The third-order valence-corrected chi connectivity index (χ3v) is 5.16. The van der Waals surface area contributed by atoms with E-state index in [1.54, 1.807) is 0 Å². The smallest absolute Gasteiger partial charge is 0.0377 e. The third kappa shape index (κ3) is 3.51. The molecule has 19 heavy (non-hydrogen) atoms. The minimum atomic E-state index is 0.681. The number of anilines is 1. The third-order valence-electron chi connectivity index (χ3n) is 4.42. The average molecular weight is 325 g/mol. The van der Waals surface area contributed by atoms with Crippen molar-refractivity contribution < 1.29 is 0 Å². The molecule has 1 aliphatic carbocycles. The molecule has 2 unspecified atom stereocenters. The molecule has 1 fully saturated rings. The quantitative estimate of drug-likeness (QED) is 0.908. The average Bonchev–Trinajstić information content (AvgIpc) is 2.41. The van der Waals surface area contributed by atoms with E-state index in [0.29, 0.717) is 12.6 Å². The Bertz CT molecular complexity index is 419. The summed E-state index contributed by atoms with van der Waals surface area (Å²) >= 11 is 3.67.